The van der Waals surface area contributed by atoms with Crippen molar-refractivity contribution in [3.05, 3.63) is 18.0 Å². The normalized spacial score (nSPS) is 28.7. The highest BCUT2D eigenvalue weighted by molar-refractivity contribution is 5.05. The van der Waals surface area contributed by atoms with E-state index in [2.05, 4.69) is 35.4 Å². The largest absolute Gasteiger partial charge is 0.311 e. The molecule has 0 bridgehead atoms. The molecule has 106 valence electrons. The molecule has 0 spiro atoms. The van der Waals surface area contributed by atoms with Gasteiger partial charge in [-0.15, -0.1) is 0 Å². The molecule has 1 aliphatic carbocycles. The van der Waals surface area contributed by atoms with E-state index in [0.717, 1.165) is 31.6 Å². The minimum absolute atomic E-state index is 0.681. The quantitative estimate of drug-likeness (QED) is 0.879. The number of piperazine rings is 1. The molecule has 1 saturated heterocycles. The smallest absolute Gasteiger partial charge is 0.0534 e. The fraction of sp³-hybridized carbons (Fsp3) is 0.800. The van der Waals surface area contributed by atoms with Crippen LogP contribution in [-0.2, 0) is 13.1 Å². The van der Waals surface area contributed by atoms with Crippen LogP contribution in [0, 0.1) is 5.92 Å². The van der Waals surface area contributed by atoms with Crippen LogP contribution in [0.15, 0.2) is 12.4 Å². The van der Waals surface area contributed by atoms with Gasteiger partial charge in [0.05, 0.1) is 6.20 Å². The first-order valence-electron chi connectivity index (χ1n) is 7.79. The minimum Gasteiger partial charge on any atom is -0.311 e. The van der Waals surface area contributed by atoms with Gasteiger partial charge in [-0.25, -0.2) is 0 Å². The SMILES string of the molecule is CCC1CNC(C2CC2)CN1Cc1cnn(CC)c1. The van der Waals surface area contributed by atoms with Crippen molar-refractivity contribution >= 4 is 0 Å². The lowest BCUT2D eigenvalue weighted by Gasteiger charge is -2.40. The Morgan fingerprint density at radius 3 is 2.84 bits per heavy atom. The van der Waals surface area contributed by atoms with E-state index in [0.29, 0.717) is 6.04 Å². The van der Waals surface area contributed by atoms with Crippen molar-refractivity contribution in [2.75, 3.05) is 13.1 Å². The Kier molecular flexibility index (Phi) is 3.89. The van der Waals surface area contributed by atoms with Crippen molar-refractivity contribution in [2.45, 2.75) is 58.3 Å². The monoisotopic (exact) mass is 262 g/mol. The third kappa shape index (κ3) is 3.00. The van der Waals surface area contributed by atoms with Gasteiger partial charge in [-0.05, 0) is 32.1 Å². The van der Waals surface area contributed by atoms with Crippen molar-refractivity contribution in [3.8, 4) is 0 Å². The fourth-order valence-electron chi connectivity index (χ4n) is 3.19. The summed E-state index contributed by atoms with van der Waals surface area (Å²) in [4.78, 5) is 2.66. The summed E-state index contributed by atoms with van der Waals surface area (Å²) in [6.45, 7) is 8.82. The molecule has 4 heteroatoms. The van der Waals surface area contributed by atoms with Gasteiger partial charge < -0.3 is 5.32 Å². The van der Waals surface area contributed by atoms with E-state index in [9.17, 15) is 0 Å². The molecule has 1 saturated carbocycles. The summed E-state index contributed by atoms with van der Waals surface area (Å²) in [6, 6.07) is 1.41. The van der Waals surface area contributed by atoms with Crippen LogP contribution in [0.5, 0.6) is 0 Å². The average Bonchev–Trinajstić information content (AvgIpc) is 3.19. The maximum absolute atomic E-state index is 4.39. The zero-order valence-corrected chi connectivity index (χ0v) is 12.2. The van der Waals surface area contributed by atoms with E-state index in [-0.39, 0.29) is 0 Å². The second-order valence-electron chi connectivity index (χ2n) is 6.05. The maximum Gasteiger partial charge on any atom is 0.0534 e. The highest BCUT2D eigenvalue weighted by atomic mass is 15.3. The Balaban J connectivity index is 1.64. The van der Waals surface area contributed by atoms with E-state index in [1.807, 2.05) is 10.9 Å². The van der Waals surface area contributed by atoms with Crippen molar-refractivity contribution in [1.29, 1.82) is 0 Å². The van der Waals surface area contributed by atoms with Crippen LogP contribution < -0.4 is 5.32 Å². The lowest BCUT2D eigenvalue weighted by atomic mass is 10.0. The Bertz CT molecular complexity index is 410. The van der Waals surface area contributed by atoms with Crippen molar-refractivity contribution in [1.82, 2.24) is 20.0 Å². The standard InChI is InChI=1S/C15H26N4/c1-3-14-8-16-15(13-5-6-13)11-18(14)9-12-7-17-19(4-2)10-12/h7,10,13-16H,3-6,8-9,11H2,1-2H3. The molecule has 0 aromatic carbocycles. The van der Waals surface area contributed by atoms with Gasteiger partial charge in [-0.1, -0.05) is 6.92 Å². The summed E-state index contributed by atoms with van der Waals surface area (Å²) in [5.41, 5.74) is 1.36. The molecule has 2 unspecified atom stereocenters. The number of hydrogen-bond donors (Lipinski definition) is 1. The predicted octanol–water partition coefficient (Wildman–Crippen LogP) is 1.87. The highest BCUT2D eigenvalue weighted by Crippen LogP contribution is 2.34. The van der Waals surface area contributed by atoms with Gasteiger partial charge in [0.2, 0.25) is 0 Å². The molecule has 1 N–H and O–H groups in total. The molecule has 2 atom stereocenters. The van der Waals surface area contributed by atoms with Crippen LogP contribution in [-0.4, -0.2) is 39.9 Å². The highest BCUT2D eigenvalue weighted by Gasteiger charge is 2.36. The lowest BCUT2D eigenvalue weighted by Crippen LogP contribution is -2.56. The zero-order valence-electron chi connectivity index (χ0n) is 12.2. The summed E-state index contributed by atoms with van der Waals surface area (Å²) < 4.78 is 2.02. The average molecular weight is 262 g/mol. The predicted molar refractivity (Wildman–Crippen MR) is 76.9 cm³/mol. The summed E-state index contributed by atoms with van der Waals surface area (Å²) in [5.74, 6) is 0.943. The summed E-state index contributed by atoms with van der Waals surface area (Å²) in [5, 5.41) is 8.14. The van der Waals surface area contributed by atoms with Gasteiger partial charge in [-0.3, -0.25) is 9.58 Å². The molecule has 1 aliphatic heterocycles. The van der Waals surface area contributed by atoms with Gasteiger partial charge in [0.15, 0.2) is 0 Å². The molecular formula is C15H26N4. The van der Waals surface area contributed by atoms with E-state index >= 15 is 0 Å². The van der Waals surface area contributed by atoms with E-state index in [1.54, 1.807) is 0 Å². The molecule has 1 aromatic rings. The molecule has 2 heterocycles. The Labute approximate surface area is 116 Å². The molecule has 19 heavy (non-hydrogen) atoms. The third-order valence-corrected chi connectivity index (χ3v) is 4.62. The Morgan fingerprint density at radius 2 is 2.21 bits per heavy atom. The van der Waals surface area contributed by atoms with Crippen LogP contribution in [0.4, 0.5) is 0 Å². The number of hydrogen-bond acceptors (Lipinski definition) is 3. The molecule has 0 amide bonds. The summed E-state index contributed by atoms with van der Waals surface area (Å²) in [6.07, 6.45) is 8.31. The maximum atomic E-state index is 4.39. The van der Waals surface area contributed by atoms with Crippen LogP contribution in [0.3, 0.4) is 0 Å². The Hall–Kier alpha value is -0.870. The van der Waals surface area contributed by atoms with Gasteiger partial charge in [0, 0.05) is 50.0 Å². The molecular weight excluding hydrogens is 236 g/mol. The van der Waals surface area contributed by atoms with Crippen LogP contribution >= 0.6 is 0 Å². The van der Waals surface area contributed by atoms with Gasteiger partial charge in [0.1, 0.15) is 0 Å². The minimum atomic E-state index is 0.681. The number of rotatable bonds is 5. The first-order valence-corrected chi connectivity index (χ1v) is 7.79. The topological polar surface area (TPSA) is 33.1 Å². The molecule has 3 rings (SSSR count). The number of aryl methyl sites for hydroxylation is 1. The molecule has 0 radical (unpaired) electrons. The fourth-order valence-corrected chi connectivity index (χ4v) is 3.19. The van der Waals surface area contributed by atoms with Crippen LogP contribution in [0.2, 0.25) is 0 Å². The molecule has 2 fully saturated rings. The second-order valence-corrected chi connectivity index (χ2v) is 6.05. The first kappa shape index (κ1) is 13.1. The molecule has 1 aromatic heterocycles. The Morgan fingerprint density at radius 1 is 1.37 bits per heavy atom. The van der Waals surface area contributed by atoms with E-state index < -0.39 is 0 Å². The second kappa shape index (κ2) is 5.63. The number of nitrogens with one attached hydrogen (secondary N) is 1. The number of nitrogens with zero attached hydrogens (tertiary/aromatic N) is 3. The van der Waals surface area contributed by atoms with Gasteiger partial charge in [0.25, 0.3) is 0 Å². The number of aromatic nitrogens is 2. The molecule has 4 nitrogen and oxygen atoms in total. The van der Waals surface area contributed by atoms with Crippen molar-refractivity contribution in [2.24, 2.45) is 5.92 Å². The van der Waals surface area contributed by atoms with E-state index in [4.69, 9.17) is 0 Å². The molecule has 2 aliphatic rings. The van der Waals surface area contributed by atoms with Gasteiger partial charge >= 0.3 is 0 Å². The summed E-state index contributed by atoms with van der Waals surface area (Å²) in [7, 11) is 0. The lowest BCUT2D eigenvalue weighted by molar-refractivity contribution is 0.111. The van der Waals surface area contributed by atoms with Crippen LogP contribution in [0.25, 0.3) is 0 Å². The van der Waals surface area contributed by atoms with Gasteiger partial charge in [-0.2, -0.15) is 5.10 Å². The zero-order chi connectivity index (χ0) is 13.2. The van der Waals surface area contributed by atoms with Crippen molar-refractivity contribution in [3.63, 3.8) is 0 Å². The third-order valence-electron chi connectivity index (χ3n) is 4.62. The first-order chi connectivity index (χ1) is 9.30. The van der Waals surface area contributed by atoms with Crippen molar-refractivity contribution < 1.29 is 0 Å². The summed E-state index contributed by atoms with van der Waals surface area (Å²) >= 11 is 0. The van der Waals surface area contributed by atoms with Crippen LogP contribution in [0.1, 0.15) is 38.7 Å². The van der Waals surface area contributed by atoms with E-state index in [1.165, 1.54) is 31.4 Å².